The fraction of sp³-hybridized carbons (Fsp3) is 0.548. The minimum absolute atomic E-state index is 0.0593. The van der Waals surface area contributed by atoms with Gasteiger partial charge in [0.25, 0.3) is 0 Å². The zero-order valence-electron chi connectivity index (χ0n) is 26.6. The Hall–Kier alpha value is -3.52. The monoisotopic (exact) mass is 657 g/mol. The highest BCUT2D eigenvalue weighted by atomic mass is 32.2. The zero-order valence-corrected chi connectivity index (χ0v) is 27.4. The number of hydrogen-bond donors (Lipinski definition) is 1. The Morgan fingerprint density at radius 2 is 1.62 bits per heavy atom. The lowest BCUT2D eigenvalue weighted by Gasteiger charge is -2.30. The standard InChI is InChI=1S/C31H42F3N3O7S/c1-30(2,3)43-28(38)36(7)15-16-42-25-14-9-8-12-21(25)22-13-10-11-20(26(22)34)17-24-27(35-45(40,41)19-32)23(33)18-37(24)29(39)44-31(4,5)6/h8-14,23-24,27,35H,15-19H2,1-7H3. The number of hydrogen-bond acceptors (Lipinski definition) is 7. The van der Waals surface area contributed by atoms with E-state index in [2.05, 4.69) is 0 Å². The van der Waals surface area contributed by atoms with Gasteiger partial charge in [0.15, 0.2) is 0 Å². The van der Waals surface area contributed by atoms with E-state index in [9.17, 15) is 22.4 Å². The molecule has 2 aromatic rings. The lowest BCUT2D eigenvalue weighted by molar-refractivity contribution is 0.0211. The molecule has 1 aliphatic heterocycles. The van der Waals surface area contributed by atoms with Gasteiger partial charge in [0.2, 0.25) is 16.0 Å². The fourth-order valence-electron chi connectivity index (χ4n) is 4.74. The van der Waals surface area contributed by atoms with Crippen molar-refractivity contribution in [2.45, 2.75) is 77.4 Å². The van der Waals surface area contributed by atoms with Crippen LogP contribution in [0.3, 0.4) is 0 Å². The highest BCUT2D eigenvalue weighted by Crippen LogP contribution is 2.35. The topological polar surface area (TPSA) is 114 Å². The molecule has 0 aromatic heterocycles. The maximum absolute atomic E-state index is 16.2. The van der Waals surface area contributed by atoms with Crippen LogP contribution in [0.25, 0.3) is 11.1 Å². The summed E-state index contributed by atoms with van der Waals surface area (Å²) in [5, 5.41) is 0. The number of likely N-dealkylation sites (N-methyl/N-ethyl adjacent to an activating group) is 1. The van der Waals surface area contributed by atoms with Gasteiger partial charge in [0.1, 0.15) is 35.5 Å². The van der Waals surface area contributed by atoms with E-state index in [1.165, 1.54) is 17.0 Å². The van der Waals surface area contributed by atoms with Gasteiger partial charge < -0.3 is 24.0 Å². The van der Waals surface area contributed by atoms with Crippen molar-refractivity contribution in [3.05, 3.63) is 53.8 Å². The number of likely N-dealkylation sites (tertiary alicyclic amines) is 1. The minimum atomic E-state index is -4.52. The Kier molecular flexibility index (Phi) is 11.4. The zero-order chi connectivity index (χ0) is 33.7. The maximum atomic E-state index is 16.2. The summed E-state index contributed by atoms with van der Waals surface area (Å²) in [6.45, 7) is 9.86. The van der Waals surface area contributed by atoms with Crippen LogP contribution in [0, 0.1) is 5.82 Å². The van der Waals surface area contributed by atoms with Crippen molar-refractivity contribution in [3.8, 4) is 16.9 Å². The average Bonchev–Trinajstić information content (AvgIpc) is 3.22. The van der Waals surface area contributed by atoms with Crippen molar-refractivity contribution in [3.63, 3.8) is 0 Å². The van der Waals surface area contributed by atoms with Crippen LogP contribution in [-0.2, 0) is 25.9 Å². The number of rotatable bonds is 10. The third-order valence-electron chi connectivity index (χ3n) is 6.74. The summed E-state index contributed by atoms with van der Waals surface area (Å²) in [6.07, 6.45) is -3.64. The number of amides is 2. The molecule has 45 heavy (non-hydrogen) atoms. The van der Waals surface area contributed by atoms with E-state index in [1.54, 1.807) is 78.9 Å². The molecular weight excluding hydrogens is 615 g/mol. The van der Waals surface area contributed by atoms with Crippen LogP contribution in [0.5, 0.6) is 5.75 Å². The van der Waals surface area contributed by atoms with Crippen molar-refractivity contribution in [1.82, 2.24) is 14.5 Å². The molecule has 14 heteroatoms. The van der Waals surface area contributed by atoms with Crippen LogP contribution < -0.4 is 9.46 Å². The number of ether oxygens (including phenoxy) is 3. The third kappa shape index (κ3) is 9.98. The number of alkyl halides is 2. The predicted octanol–water partition coefficient (Wildman–Crippen LogP) is 5.45. The van der Waals surface area contributed by atoms with Gasteiger partial charge in [-0.2, -0.15) is 0 Å². The normalized spacial score (nSPS) is 18.9. The minimum Gasteiger partial charge on any atom is -0.491 e. The molecular formula is C31H42F3N3O7S. The quantitative estimate of drug-likeness (QED) is 0.361. The van der Waals surface area contributed by atoms with Crippen LogP contribution in [0.15, 0.2) is 42.5 Å². The molecule has 0 bridgehead atoms. The fourth-order valence-corrected chi connectivity index (χ4v) is 5.52. The van der Waals surface area contributed by atoms with Gasteiger partial charge in [0, 0.05) is 18.2 Å². The average molecular weight is 658 g/mol. The van der Waals surface area contributed by atoms with Gasteiger partial charge in [-0.3, -0.25) is 0 Å². The number of para-hydroxylation sites is 1. The molecule has 2 aromatic carbocycles. The van der Waals surface area contributed by atoms with E-state index >= 15 is 8.78 Å². The van der Waals surface area contributed by atoms with Gasteiger partial charge in [-0.05, 0) is 59.6 Å². The molecule has 0 radical (unpaired) electrons. The summed E-state index contributed by atoms with van der Waals surface area (Å²) in [5.41, 5.74) is -1.01. The Morgan fingerprint density at radius 3 is 2.24 bits per heavy atom. The predicted molar refractivity (Wildman–Crippen MR) is 163 cm³/mol. The molecule has 0 spiro atoms. The van der Waals surface area contributed by atoms with Crippen molar-refractivity contribution in [2.75, 3.05) is 32.8 Å². The van der Waals surface area contributed by atoms with Gasteiger partial charge in [-0.25, -0.2) is 35.9 Å². The summed E-state index contributed by atoms with van der Waals surface area (Å²) >= 11 is 0. The van der Waals surface area contributed by atoms with Crippen LogP contribution in [0.1, 0.15) is 47.1 Å². The molecule has 1 fully saturated rings. The maximum Gasteiger partial charge on any atom is 0.410 e. The first-order chi connectivity index (χ1) is 20.8. The number of nitrogens with zero attached hydrogens (tertiary/aromatic N) is 2. The van der Waals surface area contributed by atoms with E-state index in [4.69, 9.17) is 14.2 Å². The van der Waals surface area contributed by atoms with Crippen molar-refractivity contribution < 1.29 is 45.4 Å². The summed E-state index contributed by atoms with van der Waals surface area (Å²) < 4.78 is 87.4. The number of benzene rings is 2. The first kappa shape index (κ1) is 36.0. The lowest BCUT2D eigenvalue weighted by Crippen LogP contribution is -2.50. The highest BCUT2D eigenvalue weighted by Gasteiger charge is 2.47. The number of carbonyl (C=O) groups excluding carboxylic acids is 2. The molecule has 250 valence electrons. The van der Waals surface area contributed by atoms with Crippen LogP contribution in [0.4, 0.5) is 22.8 Å². The molecule has 0 aliphatic carbocycles. The Morgan fingerprint density at radius 1 is 1.00 bits per heavy atom. The molecule has 3 atom stereocenters. The summed E-state index contributed by atoms with van der Waals surface area (Å²) in [5.74, 6) is -0.363. The van der Waals surface area contributed by atoms with Crippen molar-refractivity contribution >= 4 is 22.2 Å². The SMILES string of the molecule is CN(CCOc1ccccc1-c1cccc(CC2C(NS(=O)(=O)CF)C(F)CN2C(=O)OC(C)(C)C)c1F)C(=O)OC(C)(C)C. The lowest BCUT2D eigenvalue weighted by atomic mass is 9.95. The smallest absolute Gasteiger partial charge is 0.410 e. The molecule has 10 nitrogen and oxygen atoms in total. The Balaban J connectivity index is 1.89. The van der Waals surface area contributed by atoms with E-state index in [-0.39, 0.29) is 30.7 Å². The number of halogens is 3. The van der Waals surface area contributed by atoms with E-state index in [1.807, 2.05) is 4.72 Å². The second kappa shape index (κ2) is 14.3. The first-order valence-electron chi connectivity index (χ1n) is 14.4. The van der Waals surface area contributed by atoms with Gasteiger partial charge in [-0.15, -0.1) is 0 Å². The molecule has 1 aliphatic rings. The van der Waals surface area contributed by atoms with Gasteiger partial charge in [-0.1, -0.05) is 36.4 Å². The molecule has 1 N–H and O–H groups in total. The highest BCUT2D eigenvalue weighted by molar-refractivity contribution is 7.89. The van der Waals surface area contributed by atoms with Crippen LogP contribution in [0.2, 0.25) is 0 Å². The number of carbonyl (C=O) groups is 2. The molecule has 3 unspecified atom stereocenters. The van der Waals surface area contributed by atoms with Crippen LogP contribution >= 0.6 is 0 Å². The number of nitrogens with one attached hydrogen (secondary N) is 1. The van der Waals surface area contributed by atoms with E-state index in [0.717, 1.165) is 4.90 Å². The largest absolute Gasteiger partial charge is 0.491 e. The Labute approximate surface area is 262 Å². The van der Waals surface area contributed by atoms with Crippen molar-refractivity contribution in [1.29, 1.82) is 0 Å². The molecule has 3 rings (SSSR count). The summed E-state index contributed by atoms with van der Waals surface area (Å²) in [4.78, 5) is 27.6. The summed E-state index contributed by atoms with van der Waals surface area (Å²) in [6, 6.07) is 6.67. The second-order valence-electron chi connectivity index (χ2n) is 12.8. The Bertz CT molecular complexity index is 1460. The van der Waals surface area contributed by atoms with Gasteiger partial charge >= 0.3 is 12.2 Å². The van der Waals surface area contributed by atoms with E-state index < -0.39 is 70.0 Å². The molecule has 0 saturated carbocycles. The first-order valence-corrected chi connectivity index (χ1v) is 16.1. The van der Waals surface area contributed by atoms with E-state index in [0.29, 0.717) is 11.3 Å². The molecule has 2 amide bonds. The molecule has 1 saturated heterocycles. The second-order valence-corrected chi connectivity index (χ2v) is 14.5. The van der Waals surface area contributed by atoms with Gasteiger partial charge in [0.05, 0.1) is 25.2 Å². The third-order valence-corrected chi connectivity index (χ3v) is 7.66. The molecule has 1 heterocycles. The van der Waals surface area contributed by atoms with Crippen LogP contribution in [-0.4, -0.2) is 92.6 Å². The van der Waals surface area contributed by atoms with Crippen molar-refractivity contribution in [2.24, 2.45) is 0 Å². The number of sulfonamides is 1. The summed E-state index contributed by atoms with van der Waals surface area (Å²) in [7, 11) is -2.95.